The summed E-state index contributed by atoms with van der Waals surface area (Å²) in [6, 6.07) is 13.1. The van der Waals surface area contributed by atoms with Crippen LogP contribution in [0.15, 0.2) is 126 Å². The molecule has 0 amide bonds. The zero-order chi connectivity index (χ0) is 30.6. The minimum absolute atomic E-state index is 0.336. The molecule has 228 valence electrons. The fourth-order valence-electron chi connectivity index (χ4n) is 4.76. The molecule has 0 aliphatic carbocycles. The van der Waals surface area contributed by atoms with Gasteiger partial charge in [0.05, 0.1) is 30.4 Å². The van der Waals surface area contributed by atoms with Crippen LogP contribution in [-0.2, 0) is 23.6 Å². The van der Waals surface area contributed by atoms with Crippen LogP contribution in [0.3, 0.4) is 0 Å². The summed E-state index contributed by atoms with van der Waals surface area (Å²) in [6.45, 7) is 8.83. The summed E-state index contributed by atoms with van der Waals surface area (Å²) in [5, 5.41) is 24.9. The third kappa shape index (κ3) is 5.59. The monoisotopic (exact) mass is 658 g/mol. The van der Waals surface area contributed by atoms with Crippen molar-refractivity contribution in [3.8, 4) is 23.2 Å². The summed E-state index contributed by atoms with van der Waals surface area (Å²) in [6.07, 6.45) is 8.45. The zero-order valence-corrected chi connectivity index (χ0v) is 26.2. The number of aliphatic imine (C=N–C) groups is 1. The highest BCUT2D eigenvalue weighted by Gasteiger charge is 2.49. The van der Waals surface area contributed by atoms with Gasteiger partial charge in [0.1, 0.15) is 5.76 Å². The van der Waals surface area contributed by atoms with Crippen LogP contribution < -0.4 is 0 Å². The molecular weight excluding hydrogens is 633 g/mol. The molecule has 12 nitrogen and oxygen atoms in total. The Labute approximate surface area is 270 Å². The van der Waals surface area contributed by atoms with E-state index in [-0.39, 0.29) is 0 Å². The van der Waals surface area contributed by atoms with Gasteiger partial charge in [-0.15, -0.1) is 33.6 Å². The maximum absolute atomic E-state index is 6.50. The van der Waals surface area contributed by atoms with E-state index in [2.05, 4.69) is 33.6 Å². The van der Waals surface area contributed by atoms with Crippen molar-refractivity contribution in [1.29, 1.82) is 0 Å². The van der Waals surface area contributed by atoms with Crippen LogP contribution in [0.4, 0.5) is 0 Å². The second-order valence-electron chi connectivity index (χ2n) is 9.62. The molecule has 0 bridgehead atoms. The van der Waals surface area contributed by atoms with Crippen LogP contribution in [0.5, 0.6) is 0 Å². The number of aromatic nitrogens is 6. The van der Waals surface area contributed by atoms with E-state index in [1.807, 2.05) is 67.4 Å². The van der Waals surface area contributed by atoms with Crippen LogP contribution in [0.25, 0.3) is 23.2 Å². The SMILES string of the molecule is C=CCn1c(SCN2OC(c3ccsc3)=NC2(CSc2nnc(-c3ccco3)n2CC=C)c2ccco2)nnc1-c1ccco1. The lowest BCUT2D eigenvalue weighted by Gasteiger charge is -2.31. The van der Waals surface area contributed by atoms with E-state index in [0.29, 0.717) is 69.9 Å². The first-order chi connectivity index (χ1) is 22.2. The molecule has 6 aromatic rings. The molecule has 45 heavy (non-hydrogen) atoms. The minimum atomic E-state index is -1.05. The predicted octanol–water partition coefficient (Wildman–Crippen LogP) is 6.81. The third-order valence-electron chi connectivity index (χ3n) is 6.83. The number of thioether (sulfide) groups is 2. The Balaban J connectivity index is 1.23. The second-order valence-corrected chi connectivity index (χ2v) is 12.3. The number of furan rings is 3. The molecule has 0 spiro atoms. The molecule has 7 heterocycles. The van der Waals surface area contributed by atoms with E-state index >= 15 is 0 Å². The number of allylic oxidation sites excluding steroid dienone is 2. The summed E-state index contributed by atoms with van der Waals surface area (Å²) in [4.78, 5) is 11.7. The standard InChI is InChI=1S/C30H26N8O4S3/c1-3-12-36-25(22-8-5-14-39-22)32-34-28(36)44-19-30(24-10-7-16-41-24)31-27(21-11-17-43-18-21)42-38(30)20-45-29-35-33-26(37(29)13-4-2)23-9-6-15-40-23/h3-11,14-18H,1-2,12-13,19-20H2. The van der Waals surface area contributed by atoms with Crippen LogP contribution in [-0.4, -0.2) is 52.1 Å². The van der Waals surface area contributed by atoms with Crippen molar-refractivity contribution < 1.29 is 18.1 Å². The minimum Gasteiger partial charge on any atom is -0.465 e. The molecule has 0 fully saturated rings. The number of hydrogen-bond donors (Lipinski definition) is 0. The Morgan fingerprint density at radius 2 is 1.44 bits per heavy atom. The van der Waals surface area contributed by atoms with Crippen molar-refractivity contribution in [1.82, 2.24) is 34.6 Å². The molecule has 0 aromatic carbocycles. The number of nitrogens with zero attached hydrogens (tertiary/aromatic N) is 8. The number of hydrogen-bond acceptors (Lipinski definition) is 13. The van der Waals surface area contributed by atoms with Crippen molar-refractivity contribution in [2.45, 2.75) is 29.1 Å². The average molecular weight is 659 g/mol. The zero-order valence-electron chi connectivity index (χ0n) is 23.8. The largest absolute Gasteiger partial charge is 0.465 e. The maximum atomic E-state index is 6.50. The van der Waals surface area contributed by atoms with E-state index in [1.54, 1.807) is 42.3 Å². The molecule has 1 atom stereocenters. The molecule has 1 aliphatic heterocycles. The Hall–Kier alpha value is -4.57. The Morgan fingerprint density at radius 1 is 0.800 bits per heavy atom. The Bertz CT molecular complexity index is 1890. The van der Waals surface area contributed by atoms with Gasteiger partial charge in [0.2, 0.25) is 23.2 Å². The van der Waals surface area contributed by atoms with Gasteiger partial charge in [-0.25, -0.2) is 4.99 Å². The van der Waals surface area contributed by atoms with Gasteiger partial charge in [-0.05, 0) is 47.8 Å². The molecular formula is C30H26N8O4S3. The van der Waals surface area contributed by atoms with Crippen molar-refractivity contribution in [2.24, 2.45) is 4.99 Å². The quantitative estimate of drug-likeness (QED) is 0.0906. The van der Waals surface area contributed by atoms with Gasteiger partial charge in [0, 0.05) is 24.0 Å². The van der Waals surface area contributed by atoms with E-state index < -0.39 is 5.66 Å². The number of hydroxylamine groups is 2. The molecule has 15 heteroatoms. The lowest BCUT2D eigenvalue weighted by molar-refractivity contribution is -0.113. The fourth-order valence-corrected chi connectivity index (χ4v) is 7.40. The maximum Gasteiger partial charge on any atom is 0.244 e. The summed E-state index contributed by atoms with van der Waals surface area (Å²) >= 11 is 4.51. The second kappa shape index (κ2) is 12.8. The van der Waals surface area contributed by atoms with Crippen molar-refractivity contribution in [2.75, 3.05) is 11.6 Å². The first kappa shape index (κ1) is 29.2. The van der Waals surface area contributed by atoms with Gasteiger partial charge in [-0.2, -0.15) is 11.3 Å². The summed E-state index contributed by atoms with van der Waals surface area (Å²) in [7, 11) is 0. The fraction of sp³-hybridized carbons (Fsp3) is 0.167. The van der Waals surface area contributed by atoms with Gasteiger partial charge >= 0.3 is 0 Å². The van der Waals surface area contributed by atoms with E-state index in [0.717, 1.165) is 5.56 Å². The lowest BCUT2D eigenvalue weighted by atomic mass is 10.1. The van der Waals surface area contributed by atoms with E-state index in [9.17, 15) is 0 Å². The van der Waals surface area contributed by atoms with E-state index in [1.165, 1.54) is 23.5 Å². The molecule has 1 aliphatic rings. The van der Waals surface area contributed by atoms with Crippen molar-refractivity contribution in [3.05, 3.63) is 109 Å². The van der Waals surface area contributed by atoms with E-state index in [4.69, 9.17) is 23.1 Å². The summed E-state index contributed by atoms with van der Waals surface area (Å²) in [5.41, 5.74) is -0.181. The molecule has 0 saturated carbocycles. The van der Waals surface area contributed by atoms with Gasteiger partial charge in [-0.3, -0.25) is 9.13 Å². The molecule has 6 aromatic heterocycles. The van der Waals surface area contributed by atoms with Crippen LogP contribution >= 0.6 is 34.9 Å². The third-order valence-corrected chi connectivity index (χ3v) is 9.55. The lowest BCUT2D eigenvalue weighted by Crippen LogP contribution is -2.42. The predicted molar refractivity (Wildman–Crippen MR) is 171 cm³/mol. The molecule has 0 radical (unpaired) electrons. The topological polar surface area (TPSA) is 126 Å². The summed E-state index contributed by atoms with van der Waals surface area (Å²) < 4.78 is 21.2. The van der Waals surface area contributed by atoms with Crippen LogP contribution in [0, 0.1) is 0 Å². The Kier molecular flexibility index (Phi) is 8.30. The normalized spacial score (nSPS) is 16.6. The van der Waals surface area contributed by atoms with Gasteiger partial charge in [0.25, 0.3) is 0 Å². The smallest absolute Gasteiger partial charge is 0.244 e. The number of rotatable bonds is 14. The Morgan fingerprint density at radius 3 is 2.00 bits per heavy atom. The first-order valence-corrected chi connectivity index (χ1v) is 16.6. The first-order valence-electron chi connectivity index (χ1n) is 13.7. The summed E-state index contributed by atoms with van der Waals surface area (Å²) in [5.74, 6) is 4.29. The molecule has 1 unspecified atom stereocenters. The van der Waals surface area contributed by atoms with Crippen LogP contribution in [0.2, 0.25) is 0 Å². The molecule has 0 N–H and O–H groups in total. The van der Waals surface area contributed by atoms with Gasteiger partial charge in [-0.1, -0.05) is 40.7 Å². The van der Waals surface area contributed by atoms with Crippen molar-refractivity contribution in [3.63, 3.8) is 0 Å². The highest BCUT2D eigenvalue weighted by atomic mass is 32.2. The van der Waals surface area contributed by atoms with Crippen molar-refractivity contribution >= 4 is 40.8 Å². The molecule has 7 rings (SSSR count). The average Bonchev–Trinajstić information content (AvgIpc) is 3.90. The van der Waals surface area contributed by atoms with Gasteiger partial charge in [0.15, 0.2) is 21.8 Å². The van der Waals surface area contributed by atoms with Gasteiger partial charge < -0.3 is 18.1 Å². The highest BCUT2D eigenvalue weighted by Crippen LogP contribution is 2.43. The highest BCUT2D eigenvalue weighted by molar-refractivity contribution is 7.99. The molecule has 0 saturated heterocycles. The number of thiophene rings is 1. The van der Waals surface area contributed by atoms with Crippen LogP contribution in [0.1, 0.15) is 11.3 Å².